The largest absolute Gasteiger partial charge is 0.370 e. The van der Waals surface area contributed by atoms with E-state index in [1.54, 1.807) is 4.90 Å². The normalized spacial score (nSPS) is 24.2. The molecule has 1 atom stereocenters. The molecule has 0 unspecified atom stereocenters. The molecule has 5 N–H and O–H groups in total. The summed E-state index contributed by atoms with van der Waals surface area (Å²) in [6.45, 7) is 2.44. The highest BCUT2D eigenvalue weighted by Gasteiger charge is 2.39. The van der Waals surface area contributed by atoms with Crippen molar-refractivity contribution in [2.75, 3.05) is 25.4 Å². The van der Waals surface area contributed by atoms with E-state index in [0.29, 0.717) is 13.1 Å². The summed E-state index contributed by atoms with van der Waals surface area (Å²) >= 11 is 1.94. The summed E-state index contributed by atoms with van der Waals surface area (Å²) in [5.41, 5.74) is 10.7. The van der Waals surface area contributed by atoms with Crippen LogP contribution in [0.4, 0.5) is 0 Å². The number of piperidine rings is 1. The number of carbonyl (C=O) groups is 2. The van der Waals surface area contributed by atoms with Crippen molar-refractivity contribution in [2.24, 2.45) is 11.5 Å². The first-order valence-corrected chi connectivity index (χ1v) is 7.23. The third-order valence-electron chi connectivity index (χ3n) is 3.55. The zero-order chi connectivity index (χ0) is 13.2. The Morgan fingerprint density at radius 1 is 1.39 bits per heavy atom. The Balaban J connectivity index is 1.85. The van der Waals surface area contributed by atoms with E-state index in [1.165, 1.54) is 0 Å². The molecule has 2 heterocycles. The highest BCUT2D eigenvalue weighted by atomic mass is 32.2. The monoisotopic (exact) mass is 272 g/mol. The molecule has 6 nitrogen and oxygen atoms in total. The Hall–Kier alpha value is -0.790. The Bertz CT molecular complexity index is 334. The third-order valence-corrected chi connectivity index (χ3v) is 5.06. The minimum absolute atomic E-state index is 0.0759. The second-order valence-electron chi connectivity index (χ2n) is 4.87. The highest BCUT2D eigenvalue weighted by Crippen LogP contribution is 2.36. The molecule has 2 saturated heterocycles. The summed E-state index contributed by atoms with van der Waals surface area (Å²) in [6, 6.07) is -0.791. The van der Waals surface area contributed by atoms with Crippen molar-refractivity contribution in [1.82, 2.24) is 10.2 Å². The summed E-state index contributed by atoms with van der Waals surface area (Å²) in [7, 11) is 0. The number of thioether (sulfide) groups is 1. The molecule has 0 bridgehead atoms. The van der Waals surface area contributed by atoms with Crippen molar-refractivity contribution in [3.05, 3.63) is 0 Å². The van der Waals surface area contributed by atoms with Gasteiger partial charge in [-0.15, -0.1) is 11.8 Å². The van der Waals surface area contributed by atoms with Gasteiger partial charge in [-0.2, -0.15) is 0 Å². The lowest BCUT2D eigenvalue weighted by molar-refractivity contribution is -0.135. The average molecular weight is 272 g/mol. The summed E-state index contributed by atoms with van der Waals surface area (Å²) in [5.74, 6) is 0.443. The summed E-state index contributed by atoms with van der Waals surface area (Å²) in [5, 5.41) is 3.51. The van der Waals surface area contributed by atoms with Crippen LogP contribution in [0.15, 0.2) is 0 Å². The molecule has 0 aromatic carbocycles. The maximum absolute atomic E-state index is 12.0. The number of likely N-dealkylation sites (tertiary alicyclic amines) is 1. The van der Waals surface area contributed by atoms with E-state index in [1.807, 2.05) is 11.8 Å². The lowest BCUT2D eigenvalue weighted by atomic mass is 10.0. The minimum atomic E-state index is -0.791. The van der Waals surface area contributed by atoms with Gasteiger partial charge in [-0.05, 0) is 12.8 Å². The van der Waals surface area contributed by atoms with Crippen molar-refractivity contribution < 1.29 is 9.59 Å². The molecule has 2 amide bonds. The van der Waals surface area contributed by atoms with Gasteiger partial charge in [-0.1, -0.05) is 0 Å². The Labute approximate surface area is 111 Å². The number of hydrogen-bond acceptors (Lipinski definition) is 5. The maximum atomic E-state index is 12.0. The van der Waals surface area contributed by atoms with Crippen LogP contribution >= 0.6 is 11.8 Å². The summed E-state index contributed by atoms with van der Waals surface area (Å²) in [4.78, 5) is 24.7. The Kier molecular flexibility index (Phi) is 4.14. The molecule has 0 aliphatic carbocycles. The number of rotatable bonds is 3. The van der Waals surface area contributed by atoms with Crippen LogP contribution in [0, 0.1) is 0 Å². The zero-order valence-corrected chi connectivity index (χ0v) is 11.2. The number of carbonyl (C=O) groups excluding carboxylic acids is 2. The molecular formula is C11H20N4O2S. The van der Waals surface area contributed by atoms with Gasteiger partial charge in [0, 0.05) is 25.4 Å². The predicted molar refractivity (Wildman–Crippen MR) is 70.8 cm³/mol. The van der Waals surface area contributed by atoms with E-state index in [2.05, 4.69) is 5.32 Å². The number of nitrogens with one attached hydrogen (secondary N) is 1. The van der Waals surface area contributed by atoms with Crippen LogP contribution in [0.1, 0.15) is 19.3 Å². The minimum Gasteiger partial charge on any atom is -0.370 e. The van der Waals surface area contributed by atoms with Gasteiger partial charge in [0.15, 0.2) is 0 Å². The average Bonchev–Trinajstić information content (AvgIpc) is 2.77. The Morgan fingerprint density at radius 3 is 2.56 bits per heavy atom. The fraction of sp³-hybridized carbons (Fsp3) is 0.818. The number of primary amides is 1. The van der Waals surface area contributed by atoms with Crippen molar-refractivity contribution in [1.29, 1.82) is 0 Å². The molecule has 0 aromatic heterocycles. The zero-order valence-electron chi connectivity index (χ0n) is 10.4. The standard InChI is InChI=1S/C11H20N4O2S/c12-8(7-9(13)16)10(17)15-4-1-11(2-5-15)14-3-6-18-11/h8,14H,1-7,12H2,(H2,13,16)/t8-/m0/s1. The molecule has 0 saturated carbocycles. The second kappa shape index (κ2) is 5.46. The van der Waals surface area contributed by atoms with Gasteiger partial charge in [0.2, 0.25) is 11.8 Å². The Morgan fingerprint density at radius 2 is 2.06 bits per heavy atom. The molecule has 7 heteroatoms. The molecular weight excluding hydrogens is 252 g/mol. The molecule has 2 fully saturated rings. The topological polar surface area (TPSA) is 101 Å². The van der Waals surface area contributed by atoms with Crippen LogP contribution in [0.3, 0.4) is 0 Å². The van der Waals surface area contributed by atoms with Crippen molar-refractivity contribution >= 4 is 23.6 Å². The van der Waals surface area contributed by atoms with Crippen molar-refractivity contribution in [3.63, 3.8) is 0 Å². The van der Waals surface area contributed by atoms with E-state index in [4.69, 9.17) is 11.5 Å². The van der Waals surface area contributed by atoms with Crippen molar-refractivity contribution in [2.45, 2.75) is 30.2 Å². The number of hydrogen-bond donors (Lipinski definition) is 3. The number of amides is 2. The van der Waals surface area contributed by atoms with Crippen LogP contribution in [-0.4, -0.2) is 53.0 Å². The van der Waals surface area contributed by atoms with Crippen LogP contribution in [-0.2, 0) is 9.59 Å². The number of nitrogens with zero attached hydrogens (tertiary/aromatic N) is 1. The first-order chi connectivity index (χ1) is 8.52. The van der Waals surface area contributed by atoms with Crippen LogP contribution in [0.2, 0.25) is 0 Å². The molecule has 1 spiro atoms. The van der Waals surface area contributed by atoms with E-state index >= 15 is 0 Å². The van der Waals surface area contributed by atoms with Gasteiger partial charge in [-0.3, -0.25) is 9.59 Å². The molecule has 18 heavy (non-hydrogen) atoms. The molecule has 0 aromatic rings. The molecule has 102 valence electrons. The molecule has 0 radical (unpaired) electrons. The highest BCUT2D eigenvalue weighted by molar-refractivity contribution is 8.00. The van der Waals surface area contributed by atoms with Gasteiger partial charge in [-0.25, -0.2) is 0 Å². The summed E-state index contributed by atoms with van der Waals surface area (Å²) < 4.78 is 0. The van der Waals surface area contributed by atoms with Crippen LogP contribution < -0.4 is 16.8 Å². The van der Waals surface area contributed by atoms with Gasteiger partial charge in [0.05, 0.1) is 17.3 Å². The second-order valence-corrected chi connectivity index (χ2v) is 6.35. The SMILES string of the molecule is NC(=O)C[C@H](N)C(=O)N1CCC2(CC1)NCCS2. The quantitative estimate of drug-likeness (QED) is 0.602. The number of nitrogens with two attached hydrogens (primary N) is 2. The van der Waals surface area contributed by atoms with Crippen LogP contribution in [0.25, 0.3) is 0 Å². The van der Waals surface area contributed by atoms with Crippen LogP contribution in [0.5, 0.6) is 0 Å². The lowest BCUT2D eigenvalue weighted by Gasteiger charge is -2.39. The van der Waals surface area contributed by atoms with E-state index in [9.17, 15) is 9.59 Å². The smallest absolute Gasteiger partial charge is 0.240 e. The van der Waals surface area contributed by atoms with Gasteiger partial charge in [0.1, 0.15) is 0 Å². The van der Waals surface area contributed by atoms with E-state index < -0.39 is 11.9 Å². The first kappa shape index (κ1) is 13.6. The predicted octanol–water partition coefficient (Wildman–Crippen LogP) is -1.16. The summed E-state index contributed by atoms with van der Waals surface area (Å²) in [6.07, 6.45) is 1.80. The molecule has 2 aliphatic rings. The first-order valence-electron chi connectivity index (χ1n) is 6.24. The lowest BCUT2D eigenvalue weighted by Crippen LogP contribution is -2.53. The van der Waals surface area contributed by atoms with E-state index in [0.717, 1.165) is 25.1 Å². The molecule has 2 aliphatic heterocycles. The fourth-order valence-electron chi connectivity index (χ4n) is 2.52. The van der Waals surface area contributed by atoms with E-state index in [-0.39, 0.29) is 17.2 Å². The molecule has 2 rings (SSSR count). The van der Waals surface area contributed by atoms with Crippen molar-refractivity contribution in [3.8, 4) is 0 Å². The maximum Gasteiger partial charge on any atom is 0.240 e. The van der Waals surface area contributed by atoms with Gasteiger partial charge in [0.25, 0.3) is 0 Å². The van der Waals surface area contributed by atoms with Gasteiger partial charge < -0.3 is 21.7 Å². The fourth-order valence-corrected chi connectivity index (χ4v) is 3.79. The van der Waals surface area contributed by atoms with Gasteiger partial charge >= 0.3 is 0 Å². The third kappa shape index (κ3) is 2.96.